The van der Waals surface area contributed by atoms with Crippen molar-refractivity contribution in [3.05, 3.63) is 57.2 Å². The molecule has 0 N–H and O–H groups in total. The van der Waals surface area contributed by atoms with Gasteiger partial charge in [0.2, 0.25) is 0 Å². The second-order valence-electron chi connectivity index (χ2n) is 3.80. The van der Waals surface area contributed by atoms with Crippen LogP contribution in [0.15, 0.2) is 36.4 Å². The molecule has 6 nitrogen and oxygen atoms in total. The maximum Gasteiger partial charge on any atom is 0.331 e. The van der Waals surface area contributed by atoms with Gasteiger partial charge in [0.05, 0.1) is 17.4 Å². The topological polar surface area (TPSA) is 89.0 Å². The van der Waals surface area contributed by atoms with Crippen LogP contribution in [0.1, 0.15) is 5.56 Å². The summed E-state index contributed by atoms with van der Waals surface area (Å²) in [4.78, 5) is 14.1. The summed E-state index contributed by atoms with van der Waals surface area (Å²) in [6.45, 7) is 0. The number of nitriles is 1. The van der Waals surface area contributed by atoms with E-state index < -0.39 is 4.92 Å². The van der Waals surface area contributed by atoms with Crippen molar-refractivity contribution in [1.29, 1.82) is 5.26 Å². The molecule has 0 saturated heterocycles. The first-order chi connectivity index (χ1) is 9.60. The van der Waals surface area contributed by atoms with Crippen LogP contribution in [0, 0.1) is 21.4 Å². The molecule has 0 radical (unpaired) electrons. The fourth-order valence-electron chi connectivity index (χ4n) is 1.50. The minimum atomic E-state index is -0.595. The molecule has 0 atom stereocenters. The Bertz CT molecular complexity index is 680. The quantitative estimate of drug-likeness (QED) is 0.488. The molecule has 2 rings (SSSR count). The third-order valence-electron chi connectivity index (χ3n) is 2.42. The average Bonchev–Trinajstić information content (AvgIpc) is 2.41. The second kappa shape index (κ2) is 5.99. The highest BCUT2D eigenvalue weighted by molar-refractivity contribution is 6.29. The summed E-state index contributed by atoms with van der Waals surface area (Å²) in [6, 6.07) is 11.2. The van der Waals surface area contributed by atoms with Crippen LogP contribution in [0.3, 0.4) is 0 Å². The van der Waals surface area contributed by atoms with Gasteiger partial charge in [-0.2, -0.15) is 10.2 Å². The van der Waals surface area contributed by atoms with Gasteiger partial charge in [0.1, 0.15) is 10.9 Å². The third-order valence-corrected chi connectivity index (χ3v) is 2.63. The van der Waals surface area contributed by atoms with Crippen LogP contribution >= 0.6 is 11.6 Å². The fraction of sp³-hybridized carbons (Fsp3) is 0.0769. The third kappa shape index (κ3) is 3.22. The number of rotatable bonds is 4. The zero-order chi connectivity index (χ0) is 14.5. The Hall–Kier alpha value is -2.65. The molecule has 0 amide bonds. The predicted molar refractivity (Wildman–Crippen MR) is 71.7 cm³/mol. The van der Waals surface area contributed by atoms with Crippen molar-refractivity contribution in [2.45, 2.75) is 6.42 Å². The van der Waals surface area contributed by atoms with Gasteiger partial charge >= 0.3 is 11.6 Å². The highest BCUT2D eigenvalue weighted by atomic mass is 35.5. The van der Waals surface area contributed by atoms with Crippen LogP contribution in [-0.4, -0.2) is 9.91 Å². The number of aromatic nitrogens is 1. The molecular formula is C13H8ClN3O3. The maximum atomic E-state index is 10.9. The van der Waals surface area contributed by atoms with Crippen molar-refractivity contribution in [2.75, 3.05) is 0 Å². The van der Waals surface area contributed by atoms with Gasteiger partial charge in [-0.3, -0.25) is 10.1 Å². The summed E-state index contributed by atoms with van der Waals surface area (Å²) in [5, 5.41) is 19.5. The Morgan fingerprint density at radius 2 is 2.00 bits per heavy atom. The molecule has 0 fully saturated rings. The summed E-state index contributed by atoms with van der Waals surface area (Å²) in [5.74, 6) is 0.208. The van der Waals surface area contributed by atoms with Gasteiger partial charge in [-0.15, -0.1) is 0 Å². The minimum Gasteiger partial charge on any atom is -0.434 e. The first kappa shape index (κ1) is 13.8. The molecule has 0 saturated carbocycles. The molecule has 2 aromatic rings. The molecule has 0 aliphatic carbocycles. The summed E-state index contributed by atoms with van der Waals surface area (Å²) >= 11 is 5.70. The lowest BCUT2D eigenvalue weighted by atomic mass is 10.2. The number of hydrogen-bond donors (Lipinski definition) is 0. The van der Waals surface area contributed by atoms with E-state index in [-0.39, 0.29) is 23.1 Å². The number of pyridine rings is 1. The van der Waals surface area contributed by atoms with E-state index in [1.54, 1.807) is 24.3 Å². The summed E-state index contributed by atoms with van der Waals surface area (Å²) in [7, 11) is 0. The SMILES string of the molecule is N#CCc1ccc(Oc2nc(Cl)ccc2[N+](=O)[O-])cc1. The van der Waals surface area contributed by atoms with Crippen LogP contribution in [0.4, 0.5) is 5.69 Å². The van der Waals surface area contributed by atoms with E-state index in [4.69, 9.17) is 21.6 Å². The van der Waals surface area contributed by atoms with Crippen LogP contribution in [0.25, 0.3) is 0 Å². The Kier molecular flexibility index (Phi) is 4.13. The van der Waals surface area contributed by atoms with E-state index >= 15 is 0 Å². The van der Waals surface area contributed by atoms with Gasteiger partial charge in [-0.25, -0.2) is 0 Å². The lowest BCUT2D eigenvalue weighted by molar-refractivity contribution is -0.386. The van der Waals surface area contributed by atoms with E-state index in [1.807, 2.05) is 6.07 Å². The zero-order valence-corrected chi connectivity index (χ0v) is 10.9. The van der Waals surface area contributed by atoms with Crippen molar-refractivity contribution >= 4 is 17.3 Å². The van der Waals surface area contributed by atoms with Gasteiger partial charge in [0.15, 0.2) is 0 Å². The van der Waals surface area contributed by atoms with Gasteiger partial charge in [0.25, 0.3) is 0 Å². The largest absolute Gasteiger partial charge is 0.434 e. The smallest absolute Gasteiger partial charge is 0.331 e. The average molecular weight is 290 g/mol. The molecule has 0 aliphatic heterocycles. The van der Waals surface area contributed by atoms with Crippen molar-refractivity contribution in [2.24, 2.45) is 0 Å². The molecule has 1 heterocycles. The monoisotopic (exact) mass is 289 g/mol. The second-order valence-corrected chi connectivity index (χ2v) is 4.18. The number of ether oxygens (including phenoxy) is 1. The molecule has 7 heteroatoms. The van der Waals surface area contributed by atoms with Crippen LogP contribution in [0.5, 0.6) is 11.6 Å². The summed E-state index contributed by atoms with van der Waals surface area (Å²) in [6.07, 6.45) is 0.288. The fourth-order valence-corrected chi connectivity index (χ4v) is 1.64. The van der Waals surface area contributed by atoms with Gasteiger partial charge in [-0.05, 0) is 23.8 Å². The Balaban J connectivity index is 2.27. The normalized spacial score (nSPS) is 9.80. The van der Waals surface area contributed by atoms with Crippen LogP contribution in [0.2, 0.25) is 5.15 Å². The van der Waals surface area contributed by atoms with E-state index in [1.165, 1.54) is 12.1 Å². The molecule has 0 unspecified atom stereocenters. The maximum absolute atomic E-state index is 10.9. The van der Waals surface area contributed by atoms with E-state index in [9.17, 15) is 10.1 Å². The molecule has 100 valence electrons. The van der Waals surface area contributed by atoms with Crippen molar-refractivity contribution in [3.8, 4) is 17.7 Å². The van der Waals surface area contributed by atoms with Crippen LogP contribution < -0.4 is 4.74 Å². The first-order valence-corrected chi connectivity index (χ1v) is 5.92. The number of nitro groups is 1. The molecule has 0 bridgehead atoms. The van der Waals surface area contributed by atoms with Crippen molar-refractivity contribution < 1.29 is 9.66 Å². The van der Waals surface area contributed by atoms with Gasteiger partial charge < -0.3 is 4.74 Å². The highest BCUT2D eigenvalue weighted by Gasteiger charge is 2.18. The summed E-state index contributed by atoms with van der Waals surface area (Å²) < 4.78 is 5.36. The lowest BCUT2D eigenvalue weighted by Crippen LogP contribution is -1.96. The molecular weight excluding hydrogens is 282 g/mol. The molecule has 0 aliphatic rings. The molecule has 0 spiro atoms. The van der Waals surface area contributed by atoms with Crippen molar-refractivity contribution in [1.82, 2.24) is 4.98 Å². The summed E-state index contributed by atoms with van der Waals surface area (Å²) in [5.41, 5.74) is 0.559. The van der Waals surface area contributed by atoms with Crippen LogP contribution in [-0.2, 0) is 6.42 Å². The van der Waals surface area contributed by atoms with Gasteiger partial charge in [0, 0.05) is 6.07 Å². The van der Waals surface area contributed by atoms with Gasteiger partial charge in [-0.1, -0.05) is 23.7 Å². The van der Waals surface area contributed by atoms with E-state index in [2.05, 4.69) is 4.98 Å². The van der Waals surface area contributed by atoms with Crippen molar-refractivity contribution in [3.63, 3.8) is 0 Å². The minimum absolute atomic E-state index is 0.103. The predicted octanol–water partition coefficient (Wildman–Crippen LogP) is 3.50. The number of benzene rings is 1. The molecule has 20 heavy (non-hydrogen) atoms. The molecule has 1 aromatic heterocycles. The Morgan fingerprint density at radius 1 is 1.30 bits per heavy atom. The lowest BCUT2D eigenvalue weighted by Gasteiger charge is -2.06. The molecule has 1 aromatic carbocycles. The number of hydrogen-bond acceptors (Lipinski definition) is 5. The Labute approximate surface area is 119 Å². The Morgan fingerprint density at radius 3 is 2.60 bits per heavy atom. The first-order valence-electron chi connectivity index (χ1n) is 5.55. The zero-order valence-electron chi connectivity index (χ0n) is 10.1. The number of nitrogens with zero attached hydrogens (tertiary/aromatic N) is 3. The van der Waals surface area contributed by atoms with E-state index in [0.29, 0.717) is 5.75 Å². The standard InChI is InChI=1S/C13H8ClN3O3/c14-12-6-5-11(17(18)19)13(16-12)20-10-3-1-9(2-4-10)7-8-15/h1-6H,7H2. The van der Waals surface area contributed by atoms with E-state index in [0.717, 1.165) is 5.56 Å². The highest BCUT2D eigenvalue weighted by Crippen LogP contribution is 2.30. The number of halogens is 1.